The van der Waals surface area contributed by atoms with Gasteiger partial charge in [-0.3, -0.25) is 5.10 Å². The van der Waals surface area contributed by atoms with Crippen LogP contribution in [0.5, 0.6) is 0 Å². The predicted octanol–water partition coefficient (Wildman–Crippen LogP) is 3.33. The lowest BCUT2D eigenvalue weighted by atomic mass is 10.2. The molecule has 0 amide bonds. The van der Waals surface area contributed by atoms with Crippen molar-refractivity contribution in [2.45, 2.75) is 0 Å². The highest BCUT2D eigenvalue weighted by molar-refractivity contribution is 5.89. The molecule has 0 radical (unpaired) electrons. The van der Waals surface area contributed by atoms with Crippen LogP contribution in [0.1, 0.15) is 11.3 Å². The molecule has 0 fully saturated rings. The van der Waals surface area contributed by atoms with E-state index in [0.717, 1.165) is 22.2 Å². The number of H-pyrrole nitrogens is 1. The Hall–Kier alpha value is -2.29. The van der Waals surface area contributed by atoms with Gasteiger partial charge in [-0.1, -0.05) is 18.2 Å². The molecule has 78 valence electrons. The number of hydrogen-bond donors (Lipinski definition) is 1. The van der Waals surface area contributed by atoms with Crippen molar-refractivity contribution in [1.82, 2.24) is 10.2 Å². The number of rotatable bonds is 2. The second-order valence-corrected chi connectivity index (χ2v) is 3.54. The van der Waals surface area contributed by atoms with Gasteiger partial charge in [0.2, 0.25) is 0 Å². The highest BCUT2D eigenvalue weighted by Crippen LogP contribution is 2.17. The molecule has 0 unspecified atom stereocenters. The lowest BCUT2D eigenvalue weighted by molar-refractivity contribution is 0.567. The number of nitrogens with zero attached hydrogens (tertiary/aromatic N) is 1. The molecule has 0 aliphatic carbocycles. The summed E-state index contributed by atoms with van der Waals surface area (Å²) in [6, 6.07) is 9.97. The van der Waals surface area contributed by atoms with Crippen LogP contribution >= 0.6 is 0 Å². The minimum Gasteiger partial charge on any atom is -0.472 e. The third kappa shape index (κ3) is 1.52. The Morgan fingerprint density at radius 2 is 2.06 bits per heavy atom. The van der Waals surface area contributed by atoms with E-state index in [4.69, 9.17) is 4.42 Å². The van der Waals surface area contributed by atoms with Crippen LogP contribution in [-0.4, -0.2) is 10.2 Å². The van der Waals surface area contributed by atoms with E-state index < -0.39 is 0 Å². The van der Waals surface area contributed by atoms with Crippen LogP contribution in [0, 0.1) is 0 Å². The van der Waals surface area contributed by atoms with Crippen LogP contribution in [0.15, 0.2) is 47.3 Å². The smallest absolute Gasteiger partial charge is 0.0974 e. The summed E-state index contributed by atoms with van der Waals surface area (Å²) in [5, 5.41) is 8.37. The SMILES string of the molecule is C(=Cc1n[nH]c2ccccc12)c1ccoc1. The second kappa shape index (κ2) is 3.70. The van der Waals surface area contributed by atoms with Crippen LogP contribution in [0.2, 0.25) is 0 Å². The van der Waals surface area contributed by atoms with Crippen LogP contribution in [0.25, 0.3) is 23.1 Å². The molecule has 0 bridgehead atoms. The van der Waals surface area contributed by atoms with Gasteiger partial charge in [-0.2, -0.15) is 5.10 Å². The number of para-hydroxylation sites is 1. The maximum Gasteiger partial charge on any atom is 0.0974 e. The van der Waals surface area contributed by atoms with Crippen molar-refractivity contribution < 1.29 is 4.42 Å². The van der Waals surface area contributed by atoms with E-state index in [9.17, 15) is 0 Å². The van der Waals surface area contributed by atoms with Gasteiger partial charge in [-0.15, -0.1) is 0 Å². The summed E-state index contributed by atoms with van der Waals surface area (Å²) >= 11 is 0. The largest absolute Gasteiger partial charge is 0.472 e. The van der Waals surface area contributed by atoms with Crippen LogP contribution in [0.3, 0.4) is 0 Å². The molecule has 16 heavy (non-hydrogen) atoms. The fourth-order valence-corrected chi connectivity index (χ4v) is 1.66. The summed E-state index contributed by atoms with van der Waals surface area (Å²) in [4.78, 5) is 0. The maximum atomic E-state index is 4.99. The molecular formula is C13H10N2O. The molecule has 0 spiro atoms. The molecule has 0 atom stereocenters. The summed E-state index contributed by atoms with van der Waals surface area (Å²) < 4.78 is 4.99. The van der Waals surface area contributed by atoms with Crippen molar-refractivity contribution in [3.8, 4) is 0 Å². The lowest BCUT2D eigenvalue weighted by Gasteiger charge is -1.87. The summed E-state index contributed by atoms with van der Waals surface area (Å²) in [6.07, 6.45) is 7.31. The molecule has 2 heterocycles. The Kier molecular flexibility index (Phi) is 2.07. The first-order valence-electron chi connectivity index (χ1n) is 5.07. The summed E-state index contributed by atoms with van der Waals surface area (Å²) in [7, 11) is 0. The predicted molar refractivity (Wildman–Crippen MR) is 63.7 cm³/mol. The van der Waals surface area contributed by atoms with Gasteiger partial charge in [0.1, 0.15) is 0 Å². The molecule has 0 aliphatic heterocycles. The average Bonchev–Trinajstić information content (AvgIpc) is 2.96. The first-order valence-corrected chi connectivity index (χ1v) is 5.07. The molecule has 0 saturated carbocycles. The van der Waals surface area contributed by atoms with E-state index in [1.54, 1.807) is 12.5 Å². The maximum absolute atomic E-state index is 4.99. The van der Waals surface area contributed by atoms with Crippen LogP contribution < -0.4 is 0 Å². The fraction of sp³-hybridized carbons (Fsp3) is 0. The van der Waals surface area contributed by atoms with E-state index in [-0.39, 0.29) is 0 Å². The van der Waals surface area contributed by atoms with Crippen molar-refractivity contribution >= 4 is 23.1 Å². The number of aromatic amines is 1. The molecule has 3 heteroatoms. The molecule has 3 nitrogen and oxygen atoms in total. The number of nitrogens with one attached hydrogen (secondary N) is 1. The summed E-state index contributed by atoms with van der Waals surface area (Å²) in [5.41, 5.74) is 3.03. The molecule has 0 saturated heterocycles. The van der Waals surface area contributed by atoms with E-state index in [1.807, 2.05) is 42.5 Å². The van der Waals surface area contributed by atoms with Crippen molar-refractivity contribution in [3.05, 3.63) is 54.1 Å². The highest BCUT2D eigenvalue weighted by atomic mass is 16.3. The van der Waals surface area contributed by atoms with Gasteiger partial charge in [-0.05, 0) is 24.3 Å². The first kappa shape index (κ1) is 8.97. The van der Waals surface area contributed by atoms with Crippen molar-refractivity contribution in [3.63, 3.8) is 0 Å². The van der Waals surface area contributed by atoms with Crippen molar-refractivity contribution in [1.29, 1.82) is 0 Å². The molecular weight excluding hydrogens is 200 g/mol. The zero-order valence-electron chi connectivity index (χ0n) is 8.55. The van der Waals surface area contributed by atoms with Crippen molar-refractivity contribution in [2.75, 3.05) is 0 Å². The first-order chi connectivity index (χ1) is 7.93. The van der Waals surface area contributed by atoms with E-state index in [2.05, 4.69) is 10.2 Å². The summed E-state index contributed by atoms with van der Waals surface area (Å²) in [6.45, 7) is 0. The second-order valence-electron chi connectivity index (χ2n) is 3.54. The third-order valence-corrected chi connectivity index (χ3v) is 2.48. The van der Waals surface area contributed by atoms with Gasteiger partial charge in [0.05, 0.1) is 23.7 Å². The molecule has 0 aliphatic rings. The normalized spacial score (nSPS) is 11.5. The third-order valence-electron chi connectivity index (χ3n) is 2.48. The number of furan rings is 1. The number of fused-ring (bicyclic) bond motifs is 1. The highest BCUT2D eigenvalue weighted by Gasteiger charge is 2.00. The number of aromatic nitrogens is 2. The minimum atomic E-state index is 0.941. The van der Waals surface area contributed by atoms with Crippen LogP contribution in [-0.2, 0) is 0 Å². The van der Waals surface area contributed by atoms with E-state index in [0.29, 0.717) is 0 Å². The standard InChI is InChI=1S/C13H10N2O/c1-2-4-12-11(3-1)13(15-14-12)6-5-10-7-8-16-9-10/h1-9H,(H,14,15). The molecule has 3 aromatic rings. The van der Waals surface area contributed by atoms with E-state index in [1.165, 1.54) is 0 Å². The van der Waals surface area contributed by atoms with Gasteiger partial charge in [0, 0.05) is 10.9 Å². The average molecular weight is 210 g/mol. The quantitative estimate of drug-likeness (QED) is 0.704. The Bertz CT molecular complexity index is 620. The van der Waals surface area contributed by atoms with Gasteiger partial charge in [0.25, 0.3) is 0 Å². The fourth-order valence-electron chi connectivity index (χ4n) is 1.66. The van der Waals surface area contributed by atoms with Gasteiger partial charge in [-0.25, -0.2) is 0 Å². The molecule has 2 aromatic heterocycles. The number of benzene rings is 1. The van der Waals surface area contributed by atoms with Gasteiger partial charge < -0.3 is 4.42 Å². The zero-order valence-corrected chi connectivity index (χ0v) is 8.55. The lowest BCUT2D eigenvalue weighted by Crippen LogP contribution is -1.71. The Morgan fingerprint density at radius 3 is 2.94 bits per heavy atom. The molecule has 3 rings (SSSR count). The number of hydrogen-bond acceptors (Lipinski definition) is 2. The topological polar surface area (TPSA) is 41.8 Å². The zero-order chi connectivity index (χ0) is 10.8. The Labute approximate surface area is 92.4 Å². The molecule has 1 N–H and O–H groups in total. The minimum absolute atomic E-state index is 0.941. The van der Waals surface area contributed by atoms with Crippen LogP contribution in [0.4, 0.5) is 0 Å². The Morgan fingerprint density at radius 1 is 1.12 bits per heavy atom. The van der Waals surface area contributed by atoms with Crippen molar-refractivity contribution in [2.24, 2.45) is 0 Å². The van der Waals surface area contributed by atoms with Gasteiger partial charge in [0.15, 0.2) is 0 Å². The van der Waals surface area contributed by atoms with E-state index >= 15 is 0 Å². The summed E-state index contributed by atoms with van der Waals surface area (Å²) in [5.74, 6) is 0. The monoisotopic (exact) mass is 210 g/mol. The Balaban J connectivity index is 2.01. The molecule has 1 aromatic carbocycles. The van der Waals surface area contributed by atoms with Gasteiger partial charge >= 0.3 is 0 Å².